The first-order valence-corrected chi connectivity index (χ1v) is 7.82. The molecule has 0 unspecified atom stereocenters. The molecule has 0 saturated heterocycles. The zero-order chi connectivity index (χ0) is 14.7. The van der Waals surface area contributed by atoms with Gasteiger partial charge < -0.3 is 5.11 Å². The summed E-state index contributed by atoms with van der Waals surface area (Å²) >= 11 is 0. The van der Waals surface area contributed by atoms with Gasteiger partial charge in [-0.15, -0.1) is 0 Å². The Balaban J connectivity index is 3.72. The number of rotatable bonds is 11. The smallest absolute Gasteiger partial charge is 0.328 e. The maximum atomic E-state index is 10.7. The monoisotopic (exact) mass is 268 g/mol. The van der Waals surface area contributed by atoms with Gasteiger partial charge in [-0.05, 0) is 18.8 Å². The Morgan fingerprint density at radius 3 is 1.95 bits per heavy atom. The van der Waals surface area contributed by atoms with Gasteiger partial charge >= 0.3 is 5.97 Å². The summed E-state index contributed by atoms with van der Waals surface area (Å²) in [5.41, 5.74) is 0.989. The largest absolute Gasteiger partial charge is 0.478 e. The summed E-state index contributed by atoms with van der Waals surface area (Å²) < 4.78 is 0. The summed E-state index contributed by atoms with van der Waals surface area (Å²) in [7, 11) is 0. The van der Waals surface area contributed by atoms with Crippen molar-refractivity contribution in [1.82, 2.24) is 0 Å². The molecule has 0 aromatic rings. The van der Waals surface area contributed by atoms with E-state index in [9.17, 15) is 4.79 Å². The van der Waals surface area contributed by atoms with E-state index in [-0.39, 0.29) is 5.41 Å². The van der Waals surface area contributed by atoms with E-state index >= 15 is 0 Å². The summed E-state index contributed by atoms with van der Waals surface area (Å²) in [6.45, 7) is 8.46. The second kappa shape index (κ2) is 10.1. The molecule has 0 rings (SSSR count). The van der Waals surface area contributed by atoms with E-state index in [1.807, 2.05) is 6.92 Å². The van der Waals surface area contributed by atoms with Gasteiger partial charge in [0.1, 0.15) is 0 Å². The van der Waals surface area contributed by atoms with Crippen molar-refractivity contribution in [2.75, 3.05) is 0 Å². The Morgan fingerprint density at radius 2 is 1.47 bits per heavy atom. The zero-order valence-electron chi connectivity index (χ0n) is 13.3. The van der Waals surface area contributed by atoms with Gasteiger partial charge in [0.25, 0.3) is 0 Å². The SMILES string of the molecule is CCCCCCCCCCC(C)(C)/C(C)=C/C(=O)O. The van der Waals surface area contributed by atoms with Crippen LogP contribution in [0.3, 0.4) is 0 Å². The topological polar surface area (TPSA) is 37.3 Å². The fraction of sp³-hybridized carbons (Fsp3) is 0.824. The van der Waals surface area contributed by atoms with E-state index in [0.717, 1.165) is 12.0 Å². The van der Waals surface area contributed by atoms with Crippen LogP contribution in [-0.4, -0.2) is 11.1 Å². The predicted octanol–water partition coefficient (Wildman–Crippen LogP) is 5.57. The van der Waals surface area contributed by atoms with Crippen LogP contribution in [0, 0.1) is 5.41 Å². The van der Waals surface area contributed by atoms with Crippen molar-refractivity contribution in [2.45, 2.75) is 85.5 Å². The highest BCUT2D eigenvalue weighted by Gasteiger charge is 2.20. The first-order chi connectivity index (χ1) is 8.90. The number of carboxylic acid groups (broad SMARTS) is 1. The molecule has 0 spiro atoms. The molecule has 0 amide bonds. The van der Waals surface area contributed by atoms with Crippen LogP contribution >= 0.6 is 0 Å². The van der Waals surface area contributed by atoms with Crippen LogP contribution in [0.15, 0.2) is 11.6 Å². The number of allylic oxidation sites excluding steroid dienone is 1. The van der Waals surface area contributed by atoms with Crippen molar-refractivity contribution in [3.63, 3.8) is 0 Å². The Hall–Kier alpha value is -0.790. The highest BCUT2D eigenvalue weighted by Crippen LogP contribution is 2.32. The van der Waals surface area contributed by atoms with E-state index in [1.54, 1.807) is 0 Å². The van der Waals surface area contributed by atoms with Gasteiger partial charge in [-0.25, -0.2) is 4.79 Å². The van der Waals surface area contributed by atoms with Crippen LogP contribution in [-0.2, 0) is 4.79 Å². The summed E-state index contributed by atoms with van der Waals surface area (Å²) in [5.74, 6) is -0.832. The molecular weight excluding hydrogens is 236 g/mol. The van der Waals surface area contributed by atoms with Crippen LogP contribution in [0.25, 0.3) is 0 Å². The van der Waals surface area contributed by atoms with Gasteiger partial charge in [0.2, 0.25) is 0 Å². The lowest BCUT2D eigenvalue weighted by atomic mass is 9.80. The first kappa shape index (κ1) is 18.2. The number of carboxylic acids is 1. The van der Waals surface area contributed by atoms with Gasteiger partial charge in [-0.1, -0.05) is 77.7 Å². The molecule has 0 fully saturated rings. The zero-order valence-corrected chi connectivity index (χ0v) is 13.3. The van der Waals surface area contributed by atoms with Gasteiger partial charge in [-0.3, -0.25) is 0 Å². The van der Waals surface area contributed by atoms with E-state index < -0.39 is 5.97 Å². The molecule has 1 N–H and O–H groups in total. The molecule has 0 saturated carbocycles. The summed E-state index contributed by atoms with van der Waals surface area (Å²) in [6.07, 6.45) is 13.0. The number of unbranched alkanes of at least 4 members (excludes halogenated alkanes) is 7. The van der Waals surface area contributed by atoms with E-state index in [2.05, 4.69) is 20.8 Å². The second-order valence-corrected chi connectivity index (χ2v) is 6.27. The standard InChI is InChI=1S/C17H32O2/c1-5-6-7-8-9-10-11-12-13-17(3,4)15(2)14-16(18)19/h14H,5-13H2,1-4H3,(H,18,19)/b15-14+. The molecule has 0 aliphatic carbocycles. The van der Waals surface area contributed by atoms with E-state index in [1.165, 1.54) is 57.4 Å². The Bertz CT molecular complexity index is 277. The van der Waals surface area contributed by atoms with Gasteiger partial charge in [-0.2, -0.15) is 0 Å². The van der Waals surface area contributed by atoms with Gasteiger partial charge in [0.05, 0.1) is 0 Å². The van der Waals surface area contributed by atoms with Crippen LogP contribution in [0.2, 0.25) is 0 Å². The normalized spacial score (nSPS) is 12.7. The number of carbonyl (C=O) groups is 1. The average molecular weight is 268 g/mol. The minimum Gasteiger partial charge on any atom is -0.478 e. The second-order valence-electron chi connectivity index (χ2n) is 6.27. The van der Waals surface area contributed by atoms with E-state index in [4.69, 9.17) is 5.11 Å². The van der Waals surface area contributed by atoms with Crippen molar-refractivity contribution in [1.29, 1.82) is 0 Å². The quantitative estimate of drug-likeness (QED) is 0.392. The molecule has 0 aliphatic rings. The molecule has 0 radical (unpaired) electrons. The minimum absolute atomic E-state index is 0.0145. The summed E-state index contributed by atoms with van der Waals surface area (Å²) in [4.78, 5) is 10.7. The van der Waals surface area contributed by atoms with E-state index in [0.29, 0.717) is 0 Å². The third-order valence-corrected chi connectivity index (χ3v) is 4.06. The highest BCUT2D eigenvalue weighted by molar-refractivity contribution is 5.80. The van der Waals surface area contributed by atoms with Crippen LogP contribution < -0.4 is 0 Å². The Kier molecular flexibility index (Phi) is 9.63. The number of hydrogen-bond acceptors (Lipinski definition) is 1. The van der Waals surface area contributed by atoms with Crippen molar-refractivity contribution < 1.29 is 9.90 Å². The molecule has 2 nitrogen and oxygen atoms in total. The molecule has 2 heteroatoms. The lowest BCUT2D eigenvalue weighted by Crippen LogP contribution is -2.14. The third kappa shape index (κ3) is 9.75. The molecule has 0 atom stereocenters. The first-order valence-electron chi connectivity index (χ1n) is 7.82. The van der Waals surface area contributed by atoms with Gasteiger partial charge in [0, 0.05) is 6.08 Å². The molecular formula is C17H32O2. The minimum atomic E-state index is -0.832. The van der Waals surface area contributed by atoms with Crippen molar-refractivity contribution in [3.05, 3.63) is 11.6 Å². The fourth-order valence-corrected chi connectivity index (χ4v) is 2.28. The van der Waals surface area contributed by atoms with Gasteiger partial charge in [0.15, 0.2) is 0 Å². The number of hydrogen-bond donors (Lipinski definition) is 1. The van der Waals surface area contributed by atoms with Crippen molar-refractivity contribution in [3.8, 4) is 0 Å². The number of aliphatic carboxylic acids is 1. The van der Waals surface area contributed by atoms with Crippen LogP contribution in [0.5, 0.6) is 0 Å². The highest BCUT2D eigenvalue weighted by atomic mass is 16.4. The molecule has 0 aromatic carbocycles. The maximum Gasteiger partial charge on any atom is 0.328 e. The summed E-state index contributed by atoms with van der Waals surface area (Å²) in [5, 5.41) is 8.78. The lowest BCUT2D eigenvalue weighted by Gasteiger charge is -2.25. The molecule has 0 aromatic heterocycles. The van der Waals surface area contributed by atoms with Crippen molar-refractivity contribution in [2.24, 2.45) is 5.41 Å². The fourth-order valence-electron chi connectivity index (χ4n) is 2.28. The molecule has 0 bridgehead atoms. The van der Waals surface area contributed by atoms with Crippen molar-refractivity contribution >= 4 is 5.97 Å². The molecule has 19 heavy (non-hydrogen) atoms. The Morgan fingerprint density at radius 1 is 1.00 bits per heavy atom. The van der Waals surface area contributed by atoms with Crippen LogP contribution in [0.1, 0.15) is 85.5 Å². The molecule has 112 valence electrons. The summed E-state index contributed by atoms with van der Waals surface area (Å²) in [6, 6.07) is 0. The Labute approximate surface area is 119 Å². The average Bonchev–Trinajstić information content (AvgIpc) is 2.31. The predicted molar refractivity (Wildman–Crippen MR) is 82.4 cm³/mol. The third-order valence-electron chi connectivity index (χ3n) is 4.06. The van der Waals surface area contributed by atoms with Crippen LogP contribution in [0.4, 0.5) is 0 Å². The molecule has 0 heterocycles. The molecule has 0 aliphatic heterocycles. The lowest BCUT2D eigenvalue weighted by molar-refractivity contribution is -0.131. The maximum absolute atomic E-state index is 10.7.